The van der Waals surface area contributed by atoms with Crippen LogP contribution in [0.2, 0.25) is 5.02 Å². The SMILES string of the molecule is CC(C)C(Nc1ccc(C#N)cc1Cl)C(=O)OC(C#N)c1cccc(Oc2ccccc2)n1. The normalized spacial score (nSPS) is 12.2. The van der Waals surface area contributed by atoms with E-state index in [0.717, 1.165) is 0 Å². The van der Waals surface area contributed by atoms with Crippen molar-refractivity contribution in [3.63, 3.8) is 0 Å². The first-order valence-corrected chi connectivity index (χ1v) is 10.5. The summed E-state index contributed by atoms with van der Waals surface area (Å²) < 4.78 is 11.2. The monoisotopic (exact) mass is 460 g/mol. The molecule has 0 saturated heterocycles. The van der Waals surface area contributed by atoms with Crippen LogP contribution in [0.3, 0.4) is 0 Å². The number of aromatic nitrogens is 1. The summed E-state index contributed by atoms with van der Waals surface area (Å²) in [4.78, 5) is 17.3. The highest BCUT2D eigenvalue weighted by Crippen LogP contribution is 2.27. The third-order valence-electron chi connectivity index (χ3n) is 4.66. The van der Waals surface area contributed by atoms with E-state index in [1.165, 1.54) is 6.07 Å². The van der Waals surface area contributed by atoms with Crippen LogP contribution in [-0.4, -0.2) is 17.0 Å². The van der Waals surface area contributed by atoms with Crippen molar-refractivity contribution in [3.8, 4) is 23.8 Å². The zero-order valence-electron chi connectivity index (χ0n) is 18.0. The van der Waals surface area contributed by atoms with Gasteiger partial charge in [0.1, 0.15) is 17.9 Å². The number of anilines is 1. The van der Waals surface area contributed by atoms with Crippen LogP contribution in [0.15, 0.2) is 66.7 Å². The maximum absolute atomic E-state index is 13.0. The second-order valence-corrected chi connectivity index (χ2v) is 7.84. The van der Waals surface area contributed by atoms with Gasteiger partial charge in [-0.15, -0.1) is 0 Å². The molecule has 2 unspecified atom stereocenters. The summed E-state index contributed by atoms with van der Waals surface area (Å²) >= 11 is 6.23. The molecule has 1 N–H and O–H groups in total. The number of ether oxygens (including phenoxy) is 2. The molecule has 0 aliphatic heterocycles. The molecule has 0 bridgehead atoms. The smallest absolute Gasteiger partial charge is 0.330 e. The molecule has 7 nitrogen and oxygen atoms in total. The number of nitrogens with zero attached hydrogens (tertiary/aromatic N) is 3. The lowest BCUT2D eigenvalue weighted by Crippen LogP contribution is -2.36. The number of hydrogen-bond acceptors (Lipinski definition) is 7. The zero-order chi connectivity index (χ0) is 23.8. The molecule has 3 rings (SSSR count). The van der Waals surface area contributed by atoms with E-state index in [-0.39, 0.29) is 17.5 Å². The van der Waals surface area contributed by atoms with E-state index in [1.807, 2.05) is 44.2 Å². The quantitative estimate of drug-likeness (QED) is 0.433. The van der Waals surface area contributed by atoms with E-state index in [0.29, 0.717) is 22.0 Å². The fourth-order valence-corrected chi connectivity index (χ4v) is 3.19. The summed E-state index contributed by atoms with van der Waals surface area (Å²) in [6, 6.07) is 21.9. The first-order chi connectivity index (χ1) is 15.9. The standard InChI is InChI=1S/C25H21ClN4O3/c1-16(2)24(30-20-12-11-17(14-27)13-19(20)26)25(31)33-22(15-28)21-9-6-10-23(29-21)32-18-7-4-3-5-8-18/h3-13,16,22,24,30H,1-2H3. The highest BCUT2D eigenvalue weighted by molar-refractivity contribution is 6.33. The summed E-state index contributed by atoms with van der Waals surface area (Å²) in [5.41, 5.74) is 1.14. The number of halogens is 1. The number of hydrogen-bond donors (Lipinski definition) is 1. The minimum absolute atomic E-state index is 0.177. The molecule has 0 aliphatic carbocycles. The largest absolute Gasteiger partial charge is 0.439 e. The summed E-state index contributed by atoms with van der Waals surface area (Å²) in [6.45, 7) is 3.68. The fourth-order valence-electron chi connectivity index (χ4n) is 2.95. The van der Waals surface area contributed by atoms with Crippen LogP contribution in [0.25, 0.3) is 0 Å². The van der Waals surface area contributed by atoms with Crippen LogP contribution >= 0.6 is 11.6 Å². The highest BCUT2D eigenvalue weighted by atomic mass is 35.5. The topological polar surface area (TPSA) is 108 Å². The van der Waals surface area contributed by atoms with Gasteiger partial charge < -0.3 is 14.8 Å². The maximum Gasteiger partial charge on any atom is 0.330 e. The highest BCUT2D eigenvalue weighted by Gasteiger charge is 2.28. The fraction of sp³-hybridized carbons (Fsp3) is 0.200. The Morgan fingerprint density at radius 3 is 2.45 bits per heavy atom. The summed E-state index contributed by atoms with van der Waals surface area (Å²) in [7, 11) is 0. The molecule has 166 valence electrons. The molecule has 0 radical (unpaired) electrons. The first kappa shape index (κ1) is 23.6. The Kier molecular flexibility index (Phi) is 7.86. The molecule has 0 aliphatic rings. The average molecular weight is 461 g/mol. The number of benzene rings is 2. The molecule has 3 aromatic rings. The van der Waals surface area contributed by atoms with E-state index in [4.69, 9.17) is 26.3 Å². The van der Waals surface area contributed by atoms with Gasteiger partial charge >= 0.3 is 5.97 Å². The maximum atomic E-state index is 13.0. The van der Waals surface area contributed by atoms with Gasteiger partial charge in [-0.2, -0.15) is 10.5 Å². The van der Waals surface area contributed by atoms with Crippen LogP contribution < -0.4 is 10.1 Å². The number of carbonyl (C=O) groups is 1. The van der Waals surface area contributed by atoms with Crippen molar-refractivity contribution in [3.05, 3.63) is 83.0 Å². The number of nitrogens with one attached hydrogen (secondary N) is 1. The van der Waals surface area contributed by atoms with E-state index in [1.54, 1.807) is 42.5 Å². The van der Waals surface area contributed by atoms with Crippen molar-refractivity contribution < 1.29 is 14.3 Å². The predicted octanol–water partition coefficient (Wildman–Crippen LogP) is 5.64. The van der Waals surface area contributed by atoms with Gasteiger partial charge in [0.25, 0.3) is 0 Å². The van der Waals surface area contributed by atoms with Crippen LogP contribution in [0.5, 0.6) is 11.6 Å². The van der Waals surface area contributed by atoms with Gasteiger partial charge in [0.2, 0.25) is 12.0 Å². The van der Waals surface area contributed by atoms with Crippen molar-refractivity contribution in [2.24, 2.45) is 5.92 Å². The minimum Gasteiger partial charge on any atom is -0.439 e. The Hall–Kier alpha value is -4.07. The van der Waals surface area contributed by atoms with Crippen LogP contribution in [0.1, 0.15) is 31.2 Å². The third kappa shape index (κ3) is 6.22. The zero-order valence-corrected chi connectivity index (χ0v) is 18.8. The lowest BCUT2D eigenvalue weighted by molar-refractivity contribution is -0.149. The molecule has 0 fully saturated rings. The second kappa shape index (κ2) is 11.0. The molecule has 8 heteroatoms. The van der Waals surface area contributed by atoms with Gasteiger partial charge in [-0.3, -0.25) is 0 Å². The minimum atomic E-state index is -1.23. The van der Waals surface area contributed by atoms with Gasteiger partial charge in [0.15, 0.2) is 0 Å². The number of esters is 1. The lowest BCUT2D eigenvalue weighted by atomic mass is 10.0. The van der Waals surface area contributed by atoms with E-state index >= 15 is 0 Å². The number of nitriles is 2. The van der Waals surface area contributed by atoms with Crippen molar-refractivity contribution in [1.29, 1.82) is 10.5 Å². The van der Waals surface area contributed by atoms with Crippen molar-refractivity contribution in [1.82, 2.24) is 4.98 Å². The van der Waals surface area contributed by atoms with Crippen LogP contribution in [0, 0.1) is 28.6 Å². The Balaban J connectivity index is 1.75. The summed E-state index contributed by atoms with van der Waals surface area (Å²) in [5, 5.41) is 22.0. The van der Waals surface area contributed by atoms with Gasteiger partial charge in [-0.25, -0.2) is 9.78 Å². The van der Waals surface area contributed by atoms with Gasteiger partial charge in [-0.1, -0.05) is 49.7 Å². The number of rotatable bonds is 8. The molecule has 2 aromatic carbocycles. The first-order valence-electron chi connectivity index (χ1n) is 10.2. The third-order valence-corrected chi connectivity index (χ3v) is 4.97. The van der Waals surface area contributed by atoms with Crippen molar-refractivity contribution in [2.75, 3.05) is 5.32 Å². The number of pyridine rings is 1. The molecule has 2 atom stereocenters. The van der Waals surface area contributed by atoms with Gasteiger partial charge in [-0.05, 0) is 42.3 Å². The Bertz CT molecular complexity index is 1200. The van der Waals surface area contributed by atoms with Crippen LogP contribution in [-0.2, 0) is 9.53 Å². The molecular weight excluding hydrogens is 440 g/mol. The van der Waals surface area contributed by atoms with Gasteiger partial charge in [0, 0.05) is 6.07 Å². The summed E-state index contributed by atoms with van der Waals surface area (Å²) in [6.07, 6.45) is -1.23. The molecule has 33 heavy (non-hydrogen) atoms. The van der Waals surface area contributed by atoms with E-state index < -0.39 is 18.1 Å². The Morgan fingerprint density at radius 2 is 1.82 bits per heavy atom. The molecule has 1 aromatic heterocycles. The molecule has 0 amide bonds. The van der Waals surface area contributed by atoms with E-state index in [2.05, 4.69) is 10.3 Å². The van der Waals surface area contributed by atoms with Crippen molar-refractivity contribution >= 4 is 23.3 Å². The average Bonchev–Trinajstić information content (AvgIpc) is 2.82. The van der Waals surface area contributed by atoms with Gasteiger partial charge in [0.05, 0.1) is 28.0 Å². The number of carbonyl (C=O) groups excluding carboxylic acids is 1. The van der Waals surface area contributed by atoms with E-state index in [9.17, 15) is 10.1 Å². The van der Waals surface area contributed by atoms with Crippen LogP contribution in [0.4, 0.5) is 5.69 Å². The molecule has 1 heterocycles. The molecular formula is C25H21ClN4O3. The molecule has 0 saturated carbocycles. The Labute approximate surface area is 197 Å². The predicted molar refractivity (Wildman–Crippen MR) is 124 cm³/mol. The van der Waals surface area contributed by atoms with Crippen molar-refractivity contribution in [2.45, 2.75) is 26.0 Å². The second-order valence-electron chi connectivity index (χ2n) is 7.43. The molecule has 0 spiro atoms. The lowest BCUT2D eigenvalue weighted by Gasteiger charge is -2.23. The Morgan fingerprint density at radius 1 is 1.06 bits per heavy atom. The summed E-state index contributed by atoms with van der Waals surface area (Å²) in [5.74, 6) is 0.0614. The number of para-hydroxylation sites is 1.